The minimum absolute atomic E-state index is 0.264. The highest BCUT2D eigenvalue weighted by atomic mass is 16.5. The Morgan fingerprint density at radius 3 is 1.13 bits per heavy atom. The average molecular weight is 739 g/mol. The number of carbonyl (C=O) groups is 3. The maximum Gasteiger partial charge on any atom is 0.222 e. The second-order valence-electron chi connectivity index (χ2n) is 15.2. The van der Waals surface area contributed by atoms with Gasteiger partial charge in [0, 0.05) is 90.5 Å². The van der Waals surface area contributed by atoms with Gasteiger partial charge in [-0.25, -0.2) is 0 Å². The quantitative estimate of drug-likeness (QED) is 0.144. The molecule has 3 amide bonds. The van der Waals surface area contributed by atoms with E-state index in [1.54, 1.807) is 0 Å². The van der Waals surface area contributed by atoms with Crippen LogP contribution in [0.3, 0.4) is 0 Å². The van der Waals surface area contributed by atoms with Gasteiger partial charge in [-0.05, 0) is 113 Å². The third-order valence-electron chi connectivity index (χ3n) is 9.03. The van der Waals surface area contributed by atoms with E-state index in [0.717, 1.165) is 130 Å². The van der Waals surface area contributed by atoms with Gasteiger partial charge in [0.25, 0.3) is 0 Å². The van der Waals surface area contributed by atoms with E-state index in [0.29, 0.717) is 42.6 Å². The van der Waals surface area contributed by atoms with E-state index in [-0.39, 0.29) is 6.10 Å². The third kappa shape index (κ3) is 24.2. The number of likely N-dealkylation sites (tertiary alicyclic amines) is 4. The normalized spacial score (nSPS) is 17.9. The van der Waals surface area contributed by atoms with Gasteiger partial charge in [0.2, 0.25) is 17.7 Å². The summed E-state index contributed by atoms with van der Waals surface area (Å²) in [6.45, 7) is 30.8. The fourth-order valence-electron chi connectivity index (χ4n) is 6.14. The Morgan fingerprint density at radius 1 is 0.442 bits per heavy atom. The van der Waals surface area contributed by atoms with Gasteiger partial charge in [-0.1, -0.05) is 6.58 Å². The number of allylic oxidation sites excluding steroid dienone is 1. The Morgan fingerprint density at radius 2 is 0.769 bits per heavy atom. The first-order valence-corrected chi connectivity index (χ1v) is 20.5. The number of carbonyl (C=O) groups excluding carboxylic acids is 3. The van der Waals surface area contributed by atoms with E-state index in [4.69, 9.17) is 18.9 Å². The summed E-state index contributed by atoms with van der Waals surface area (Å²) < 4.78 is 21.7. The molecule has 0 radical (unpaired) electrons. The van der Waals surface area contributed by atoms with E-state index < -0.39 is 0 Å². The van der Waals surface area contributed by atoms with Gasteiger partial charge in [0.15, 0.2) is 0 Å². The highest BCUT2D eigenvalue weighted by molar-refractivity contribution is 5.78. The Hall–Kier alpha value is -2.21. The molecule has 0 N–H and O–H groups in total. The summed E-state index contributed by atoms with van der Waals surface area (Å²) in [5.41, 5.74) is 1.28. The van der Waals surface area contributed by atoms with Gasteiger partial charge in [-0.3, -0.25) is 14.4 Å². The largest absolute Gasteiger partial charge is 0.379 e. The van der Waals surface area contributed by atoms with Crippen molar-refractivity contribution in [2.24, 2.45) is 0 Å². The summed E-state index contributed by atoms with van der Waals surface area (Å²) in [4.78, 5) is 42.1. The molecule has 0 spiro atoms. The summed E-state index contributed by atoms with van der Waals surface area (Å²) in [5, 5.41) is 0. The molecule has 4 fully saturated rings. The molecule has 0 aromatic carbocycles. The zero-order valence-electron chi connectivity index (χ0n) is 34.6. The lowest BCUT2D eigenvalue weighted by molar-refractivity contribution is -0.134. The minimum Gasteiger partial charge on any atom is -0.379 e. The standard InChI is InChI=1S/C11H21NO2.2C10H19NO2.C10H19NO/c1-10(2)14-9-5-8-12-7-4-3-6-11(12)13;1-9(2)13-8-4-7-11-6-3-5-10(11)12;1-9(2)13-8-7-11-6-4-3-5-10(11)12;1-9(2)12-8-7-11-6-4-5-10(11)3/h10H,3-9H2,1-2H3;2*9H,3-8H2,1-2H3;9H,3-8H2,1-2H3. The molecule has 4 aliphatic heterocycles. The first kappa shape index (κ1) is 47.8. The highest BCUT2D eigenvalue weighted by Gasteiger charge is 2.20. The van der Waals surface area contributed by atoms with Crippen LogP contribution >= 0.6 is 0 Å². The van der Waals surface area contributed by atoms with Crippen LogP contribution in [0, 0.1) is 0 Å². The Balaban J connectivity index is 0.000000347. The van der Waals surface area contributed by atoms with Crippen molar-refractivity contribution >= 4 is 17.7 Å². The number of hydrogen-bond donors (Lipinski definition) is 0. The summed E-state index contributed by atoms with van der Waals surface area (Å²) in [5.74, 6) is 0.920. The van der Waals surface area contributed by atoms with Crippen molar-refractivity contribution in [3.8, 4) is 0 Å². The summed E-state index contributed by atoms with van der Waals surface area (Å²) in [6.07, 6.45) is 13.2. The second-order valence-corrected chi connectivity index (χ2v) is 15.2. The first-order valence-electron chi connectivity index (χ1n) is 20.5. The van der Waals surface area contributed by atoms with Crippen LogP contribution < -0.4 is 0 Å². The molecule has 11 heteroatoms. The van der Waals surface area contributed by atoms with Crippen LogP contribution in [0.15, 0.2) is 12.3 Å². The minimum atomic E-state index is 0.264. The zero-order chi connectivity index (χ0) is 38.7. The zero-order valence-corrected chi connectivity index (χ0v) is 34.6. The third-order valence-corrected chi connectivity index (χ3v) is 9.03. The van der Waals surface area contributed by atoms with Gasteiger partial charge in [-0.15, -0.1) is 0 Å². The molecular formula is C41H78N4O7. The van der Waals surface area contributed by atoms with Crippen molar-refractivity contribution in [3.63, 3.8) is 0 Å². The van der Waals surface area contributed by atoms with Crippen LogP contribution in [0.2, 0.25) is 0 Å². The lowest BCUT2D eigenvalue weighted by Crippen LogP contribution is -2.37. The molecular weight excluding hydrogens is 660 g/mol. The van der Waals surface area contributed by atoms with E-state index >= 15 is 0 Å². The molecule has 0 aromatic rings. The van der Waals surface area contributed by atoms with E-state index in [1.807, 2.05) is 56.2 Å². The van der Waals surface area contributed by atoms with Crippen molar-refractivity contribution in [3.05, 3.63) is 12.3 Å². The molecule has 0 atom stereocenters. The van der Waals surface area contributed by atoms with Crippen LogP contribution in [0.25, 0.3) is 0 Å². The molecule has 0 saturated carbocycles. The van der Waals surface area contributed by atoms with E-state index in [2.05, 4.69) is 25.3 Å². The molecule has 0 bridgehead atoms. The van der Waals surface area contributed by atoms with Crippen molar-refractivity contribution in [1.82, 2.24) is 19.6 Å². The predicted octanol–water partition coefficient (Wildman–Crippen LogP) is 6.68. The monoisotopic (exact) mass is 739 g/mol. The number of ether oxygens (including phenoxy) is 4. The van der Waals surface area contributed by atoms with Crippen molar-refractivity contribution < 1.29 is 33.3 Å². The fraction of sp³-hybridized carbons (Fsp3) is 0.878. The lowest BCUT2D eigenvalue weighted by atomic mass is 10.1. The van der Waals surface area contributed by atoms with Crippen molar-refractivity contribution in [1.29, 1.82) is 0 Å². The van der Waals surface area contributed by atoms with Crippen LogP contribution in [0.5, 0.6) is 0 Å². The fourth-order valence-corrected chi connectivity index (χ4v) is 6.14. The maximum absolute atomic E-state index is 11.4. The topological polar surface area (TPSA) is 101 Å². The molecule has 304 valence electrons. The molecule has 52 heavy (non-hydrogen) atoms. The summed E-state index contributed by atoms with van der Waals surface area (Å²) in [7, 11) is 0. The number of rotatable bonds is 18. The molecule has 4 aliphatic rings. The Kier molecular flexibility index (Phi) is 26.8. The first-order chi connectivity index (χ1) is 24.8. The number of amides is 3. The van der Waals surface area contributed by atoms with Gasteiger partial charge in [-0.2, -0.15) is 0 Å². The number of nitrogens with zero attached hydrogens (tertiary/aromatic N) is 4. The number of hydrogen-bond acceptors (Lipinski definition) is 8. The van der Waals surface area contributed by atoms with Gasteiger partial charge in [0.05, 0.1) is 37.6 Å². The molecule has 0 unspecified atom stereocenters. The molecule has 11 nitrogen and oxygen atoms in total. The van der Waals surface area contributed by atoms with Gasteiger partial charge in [0.1, 0.15) is 0 Å². The van der Waals surface area contributed by atoms with Gasteiger partial charge >= 0.3 is 0 Å². The van der Waals surface area contributed by atoms with Crippen LogP contribution in [-0.4, -0.2) is 141 Å². The molecule has 4 heterocycles. The molecule has 4 saturated heterocycles. The summed E-state index contributed by atoms with van der Waals surface area (Å²) in [6, 6.07) is 0. The Bertz CT molecular complexity index is 975. The summed E-state index contributed by atoms with van der Waals surface area (Å²) >= 11 is 0. The Labute approximate surface area is 318 Å². The molecule has 0 aliphatic carbocycles. The molecule has 0 aromatic heterocycles. The SMILES string of the molecule is C=C1CCCN1CCOC(C)C.CC(C)OCCCN1CCCC1=O.CC(C)OCCCN1CCCCC1=O.CC(C)OCCN1CCCCC1=O. The highest BCUT2D eigenvalue weighted by Crippen LogP contribution is 2.18. The smallest absolute Gasteiger partial charge is 0.222 e. The van der Waals surface area contributed by atoms with Gasteiger partial charge < -0.3 is 38.5 Å². The number of piperidine rings is 2. The maximum atomic E-state index is 11.4. The van der Waals surface area contributed by atoms with Crippen molar-refractivity contribution in [2.45, 2.75) is 157 Å². The average Bonchev–Trinajstić information content (AvgIpc) is 3.70. The van der Waals surface area contributed by atoms with Crippen LogP contribution in [0.1, 0.15) is 132 Å². The second kappa shape index (κ2) is 29.2. The van der Waals surface area contributed by atoms with Crippen LogP contribution in [-0.2, 0) is 33.3 Å². The van der Waals surface area contributed by atoms with Crippen LogP contribution in [0.4, 0.5) is 0 Å². The predicted molar refractivity (Wildman–Crippen MR) is 210 cm³/mol. The van der Waals surface area contributed by atoms with E-state index in [9.17, 15) is 14.4 Å². The van der Waals surface area contributed by atoms with Crippen molar-refractivity contribution in [2.75, 3.05) is 78.8 Å². The van der Waals surface area contributed by atoms with E-state index in [1.165, 1.54) is 25.1 Å². The lowest BCUT2D eigenvalue weighted by Gasteiger charge is -2.26. The molecule has 4 rings (SSSR count).